The van der Waals surface area contributed by atoms with E-state index in [1.165, 1.54) is 0 Å². The minimum atomic E-state index is -4.34. The molecule has 1 heterocycles. The van der Waals surface area contributed by atoms with Gasteiger partial charge in [-0.25, -0.2) is 0 Å². The molecule has 1 unspecified atom stereocenters. The number of benzene rings is 1. The van der Waals surface area contributed by atoms with Gasteiger partial charge in [-0.3, -0.25) is 4.79 Å². The van der Waals surface area contributed by atoms with Crippen molar-refractivity contribution in [3.05, 3.63) is 34.9 Å². The number of rotatable bonds is 1. The van der Waals surface area contributed by atoms with Crippen LogP contribution in [0.4, 0.5) is 13.2 Å². The van der Waals surface area contributed by atoms with Gasteiger partial charge >= 0.3 is 6.18 Å². The molecular formula is C12H12F3NO. The number of carbonyl (C=O) groups excluding carboxylic acids is 1. The first-order valence-corrected chi connectivity index (χ1v) is 5.32. The predicted molar refractivity (Wildman–Crippen MR) is 56.5 cm³/mol. The number of hydrogen-bond acceptors (Lipinski definition) is 1. The van der Waals surface area contributed by atoms with E-state index >= 15 is 0 Å². The highest BCUT2D eigenvalue weighted by Gasteiger charge is 2.32. The largest absolute Gasteiger partial charge is 0.416 e. The van der Waals surface area contributed by atoms with Crippen molar-refractivity contribution in [2.45, 2.75) is 25.4 Å². The minimum absolute atomic E-state index is 0.106. The van der Waals surface area contributed by atoms with Gasteiger partial charge in [0, 0.05) is 18.9 Å². The number of nitrogens with one attached hydrogen (secondary N) is 1. The average Bonchev–Trinajstić information content (AvgIpc) is 2.62. The van der Waals surface area contributed by atoms with Gasteiger partial charge in [0.25, 0.3) is 0 Å². The zero-order valence-electron chi connectivity index (χ0n) is 9.27. The lowest BCUT2D eigenvalue weighted by atomic mass is 9.94. The van der Waals surface area contributed by atoms with E-state index in [1.807, 2.05) is 0 Å². The molecule has 1 saturated heterocycles. The van der Waals surface area contributed by atoms with Crippen LogP contribution in [-0.4, -0.2) is 12.5 Å². The van der Waals surface area contributed by atoms with Crippen LogP contribution in [0.25, 0.3) is 0 Å². The molecule has 1 N–H and O–H groups in total. The molecule has 1 fully saturated rings. The fourth-order valence-corrected chi connectivity index (χ4v) is 2.05. The maximum atomic E-state index is 12.6. The van der Waals surface area contributed by atoms with E-state index in [2.05, 4.69) is 5.32 Å². The molecule has 1 aliphatic rings. The van der Waals surface area contributed by atoms with Crippen molar-refractivity contribution in [1.29, 1.82) is 0 Å². The van der Waals surface area contributed by atoms with Crippen molar-refractivity contribution in [3.63, 3.8) is 0 Å². The van der Waals surface area contributed by atoms with Gasteiger partial charge in [0.1, 0.15) is 0 Å². The van der Waals surface area contributed by atoms with Crippen molar-refractivity contribution in [1.82, 2.24) is 5.32 Å². The molecule has 92 valence electrons. The summed E-state index contributed by atoms with van der Waals surface area (Å²) in [5.41, 5.74) is 0.497. The van der Waals surface area contributed by atoms with E-state index in [4.69, 9.17) is 0 Å². The SMILES string of the molecule is Cc1cc(C2CNC(=O)C2)cc(C(F)(F)F)c1. The molecule has 0 aliphatic carbocycles. The molecule has 0 aromatic heterocycles. The Bertz CT molecular complexity index is 454. The van der Waals surface area contributed by atoms with E-state index in [9.17, 15) is 18.0 Å². The fourth-order valence-electron chi connectivity index (χ4n) is 2.05. The Labute approximate surface area is 96.8 Å². The maximum absolute atomic E-state index is 12.6. The van der Waals surface area contributed by atoms with Gasteiger partial charge in [0.05, 0.1) is 5.56 Å². The molecule has 0 radical (unpaired) electrons. The Morgan fingerprint density at radius 1 is 1.29 bits per heavy atom. The van der Waals surface area contributed by atoms with Crippen LogP contribution < -0.4 is 5.32 Å². The first-order valence-electron chi connectivity index (χ1n) is 5.32. The summed E-state index contributed by atoms with van der Waals surface area (Å²) in [7, 11) is 0. The number of amides is 1. The van der Waals surface area contributed by atoms with Crippen LogP contribution in [0.2, 0.25) is 0 Å². The molecule has 1 amide bonds. The normalized spacial score (nSPS) is 20.5. The van der Waals surface area contributed by atoms with Gasteiger partial charge in [-0.05, 0) is 24.6 Å². The van der Waals surface area contributed by atoms with Crippen LogP contribution in [0.5, 0.6) is 0 Å². The van der Waals surface area contributed by atoms with Crippen LogP contribution in [-0.2, 0) is 11.0 Å². The Hall–Kier alpha value is -1.52. The van der Waals surface area contributed by atoms with E-state index < -0.39 is 11.7 Å². The molecular weight excluding hydrogens is 231 g/mol. The van der Waals surface area contributed by atoms with Gasteiger partial charge in [-0.15, -0.1) is 0 Å². The molecule has 0 spiro atoms. The second kappa shape index (κ2) is 4.05. The summed E-state index contributed by atoms with van der Waals surface area (Å²) in [6.07, 6.45) is -4.07. The first kappa shape index (κ1) is 12.0. The monoisotopic (exact) mass is 243 g/mol. The highest BCUT2D eigenvalue weighted by Crippen LogP contribution is 2.33. The molecule has 0 saturated carbocycles. The predicted octanol–water partition coefficient (Wildman–Crippen LogP) is 2.62. The highest BCUT2D eigenvalue weighted by molar-refractivity contribution is 5.79. The van der Waals surface area contributed by atoms with Crippen LogP contribution in [0.15, 0.2) is 18.2 Å². The summed E-state index contributed by atoms with van der Waals surface area (Å²) >= 11 is 0. The third-order valence-corrected chi connectivity index (χ3v) is 2.88. The number of aryl methyl sites for hydroxylation is 1. The lowest BCUT2D eigenvalue weighted by molar-refractivity contribution is -0.137. The van der Waals surface area contributed by atoms with Gasteiger partial charge in [0.15, 0.2) is 0 Å². The van der Waals surface area contributed by atoms with Crippen LogP contribution in [0, 0.1) is 6.92 Å². The Balaban J connectivity index is 2.35. The summed E-state index contributed by atoms with van der Waals surface area (Å²) < 4.78 is 37.9. The highest BCUT2D eigenvalue weighted by atomic mass is 19.4. The third kappa shape index (κ3) is 2.60. The van der Waals surface area contributed by atoms with E-state index in [1.54, 1.807) is 13.0 Å². The quantitative estimate of drug-likeness (QED) is 0.807. The molecule has 2 nitrogen and oxygen atoms in total. The zero-order chi connectivity index (χ0) is 12.6. The topological polar surface area (TPSA) is 29.1 Å². The molecule has 1 aliphatic heterocycles. The lowest BCUT2D eigenvalue weighted by Crippen LogP contribution is -2.13. The first-order chi connectivity index (χ1) is 7.86. The molecule has 1 aromatic carbocycles. The number of alkyl halides is 3. The fraction of sp³-hybridized carbons (Fsp3) is 0.417. The summed E-state index contributed by atoms with van der Waals surface area (Å²) in [5.74, 6) is -0.256. The molecule has 2 rings (SSSR count). The number of carbonyl (C=O) groups is 1. The van der Waals surface area contributed by atoms with Gasteiger partial charge in [0.2, 0.25) is 5.91 Å². The standard InChI is InChI=1S/C12H12F3NO/c1-7-2-8(9-5-11(17)16-6-9)4-10(3-7)12(13,14)15/h2-4,9H,5-6H2,1H3,(H,16,17). The van der Waals surface area contributed by atoms with Gasteiger partial charge in [-0.1, -0.05) is 11.6 Å². The molecule has 1 aromatic rings. The number of halogens is 3. The summed E-state index contributed by atoms with van der Waals surface area (Å²) in [5, 5.41) is 2.63. The second-order valence-electron chi connectivity index (χ2n) is 4.34. The maximum Gasteiger partial charge on any atom is 0.416 e. The van der Waals surface area contributed by atoms with E-state index in [0.29, 0.717) is 17.7 Å². The van der Waals surface area contributed by atoms with Crippen molar-refractivity contribution in [3.8, 4) is 0 Å². The second-order valence-corrected chi connectivity index (χ2v) is 4.34. The van der Waals surface area contributed by atoms with Crippen LogP contribution >= 0.6 is 0 Å². The Morgan fingerprint density at radius 2 is 2.00 bits per heavy atom. The third-order valence-electron chi connectivity index (χ3n) is 2.88. The van der Waals surface area contributed by atoms with E-state index in [-0.39, 0.29) is 18.2 Å². The van der Waals surface area contributed by atoms with Crippen LogP contribution in [0.3, 0.4) is 0 Å². The molecule has 17 heavy (non-hydrogen) atoms. The summed E-state index contributed by atoms with van der Waals surface area (Å²) in [6.45, 7) is 2.04. The molecule has 5 heteroatoms. The molecule has 1 atom stereocenters. The van der Waals surface area contributed by atoms with Gasteiger partial charge in [-0.2, -0.15) is 13.2 Å². The average molecular weight is 243 g/mol. The van der Waals surface area contributed by atoms with Gasteiger partial charge < -0.3 is 5.32 Å². The minimum Gasteiger partial charge on any atom is -0.355 e. The van der Waals surface area contributed by atoms with E-state index in [0.717, 1.165) is 12.1 Å². The lowest BCUT2D eigenvalue weighted by Gasteiger charge is -2.13. The molecule has 0 bridgehead atoms. The summed E-state index contributed by atoms with van der Waals surface area (Å²) in [4.78, 5) is 11.1. The zero-order valence-corrected chi connectivity index (χ0v) is 9.27. The Morgan fingerprint density at radius 3 is 2.53 bits per heavy atom. The summed E-state index contributed by atoms with van der Waals surface area (Å²) in [6, 6.07) is 3.96. The van der Waals surface area contributed by atoms with Crippen molar-refractivity contribution in [2.75, 3.05) is 6.54 Å². The van der Waals surface area contributed by atoms with Crippen molar-refractivity contribution >= 4 is 5.91 Å². The Kier molecular flexibility index (Phi) is 2.85. The van der Waals surface area contributed by atoms with Crippen molar-refractivity contribution < 1.29 is 18.0 Å². The number of hydrogen-bond donors (Lipinski definition) is 1. The van der Waals surface area contributed by atoms with Crippen molar-refractivity contribution in [2.24, 2.45) is 0 Å². The van der Waals surface area contributed by atoms with Crippen LogP contribution in [0.1, 0.15) is 29.0 Å². The smallest absolute Gasteiger partial charge is 0.355 e.